The van der Waals surface area contributed by atoms with Crippen LogP contribution >= 0.6 is 0 Å². The molecule has 0 aromatic carbocycles. The number of nitrogens with zero attached hydrogens (tertiary/aromatic N) is 3. The van der Waals surface area contributed by atoms with E-state index in [1.54, 1.807) is 0 Å². The summed E-state index contributed by atoms with van der Waals surface area (Å²) >= 11 is 0. The van der Waals surface area contributed by atoms with Gasteiger partial charge in [0.15, 0.2) is 0 Å². The monoisotopic (exact) mass is 283 g/mol. The van der Waals surface area contributed by atoms with Crippen molar-refractivity contribution in [1.82, 2.24) is 14.7 Å². The second kappa shape index (κ2) is 9.35. The maximum atomic E-state index is 11.6. The normalized spacial score (nSPS) is 22.3. The summed E-state index contributed by atoms with van der Waals surface area (Å²) in [6, 6.07) is 0. The molecule has 0 atom stereocenters. The van der Waals surface area contributed by atoms with E-state index in [1.807, 2.05) is 25.7 Å². The summed E-state index contributed by atoms with van der Waals surface area (Å²) < 4.78 is 0. The molecule has 0 bridgehead atoms. The van der Waals surface area contributed by atoms with Crippen LogP contribution in [0.1, 0.15) is 40.0 Å². The summed E-state index contributed by atoms with van der Waals surface area (Å²) in [6.07, 6.45) is 3.04. The van der Waals surface area contributed by atoms with E-state index in [9.17, 15) is 4.79 Å². The van der Waals surface area contributed by atoms with E-state index in [0.717, 1.165) is 19.0 Å². The number of amides is 1. The van der Waals surface area contributed by atoms with Gasteiger partial charge in [-0.2, -0.15) is 0 Å². The quantitative estimate of drug-likeness (QED) is 0.791. The zero-order chi connectivity index (χ0) is 15.0. The topological polar surface area (TPSA) is 26.8 Å². The number of rotatable bonds is 3. The fraction of sp³-hybridized carbons (Fsp3) is 0.938. The third-order valence-corrected chi connectivity index (χ3v) is 4.38. The van der Waals surface area contributed by atoms with Gasteiger partial charge in [-0.3, -0.25) is 4.79 Å². The number of carbonyl (C=O) groups is 1. The molecular weight excluding hydrogens is 250 g/mol. The smallest absolute Gasteiger partial charge is 0.222 e. The summed E-state index contributed by atoms with van der Waals surface area (Å²) in [5.41, 5.74) is 0. The van der Waals surface area contributed by atoms with E-state index >= 15 is 0 Å². The number of likely N-dealkylation sites (N-methyl/N-ethyl adjacent to an activating group) is 1. The number of hydrogen-bond donors (Lipinski definition) is 0. The molecular formula is C16H33N3O. The molecule has 0 spiro atoms. The van der Waals surface area contributed by atoms with Crippen molar-refractivity contribution < 1.29 is 4.79 Å². The highest BCUT2D eigenvalue weighted by Gasteiger charge is 2.24. The van der Waals surface area contributed by atoms with Crippen LogP contribution in [0.2, 0.25) is 0 Å². The fourth-order valence-electron chi connectivity index (χ4n) is 2.98. The molecule has 2 fully saturated rings. The standard InChI is InChI=1S/C14H27N3O.C2H6/c1-3-14(18)17-6-4-13(5-7-17)12-16-10-8-15(2)9-11-16;1-2/h13H,3-12H2,1-2H3;1-2H3. The number of hydrogen-bond acceptors (Lipinski definition) is 3. The zero-order valence-electron chi connectivity index (χ0n) is 13.9. The highest BCUT2D eigenvalue weighted by Crippen LogP contribution is 2.19. The van der Waals surface area contributed by atoms with Gasteiger partial charge in [-0.05, 0) is 25.8 Å². The first-order valence-electron chi connectivity index (χ1n) is 8.37. The van der Waals surface area contributed by atoms with Crippen LogP contribution in [-0.2, 0) is 4.79 Å². The maximum Gasteiger partial charge on any atom is 0.222 e. The van der Waals surface area contributed by atoms with E-state index in [0.29, 0.717) is 12.3 Å². The summed E-state index contributed by atoms with van der Waals surface area (Å²) in [5.74, 6) is 1.13. The van der Waals surface area contributed by atoms with Crippen molar-refractivity contribution in [2.75, 3.05) is 52.9 Å². The minimum absolute atomic E-state index is 0.327. The molecule has 0 aromatic rings. The molecule has 0 aliphatic carbocycles. The van der Waals surface area contributed by atoms with E-state index < -0.39 is 0 Å². The van der Waals surface area contributed by atoms with Crippen molar-refractivity contribution in [3.05, 3.63) is 0 Å². The van der Waals surface area contributed by atoms with Crippen LogP contribution in [0.4, 0.5) is 0 Å². The van der Waals surface area contributed by atoms with Gasteiger partial charge in [-0.15, -0.1) is 0 Å². The zero-order valence-corrected chi connectivity index (χ0v) is 13.9. The molecule has 2 rings (SSSR count). The summed E-state index contributed by atoms with van der Waals surface area (Å²) in [5, 5.41) is 0. The molecule has 1 amide bonds. The van der Waals surface area contributed by atoms with Gasteiger partial charge in [-0.1, -0.05) is 20.8 Å². The Bertz CT molecular complexity index is 267. The van der Waals surface area contributed by atoms with Gasteiger partial charge >= 0.3 is 0 Å². The highest BCUT2D eigenvalue weighted by atomic mass is 16.2. The molecule has 2 aliphatic heterocycles. The third kappa shape index (κ3) is 5.41. The Morgan fingerprint density at radius 2 is 1.55 bits per heavy atom. The second-order valence-electron chi connectivity index (χ2n) is 5.78. The molecule has 118 valence electrons. The van der Waals surface area contributed by atoms with E-state index in [-0.39, 0.29) is 0 Å². The van der Waals surface area contributed by atoms with Crippen molar-refractivity contribution >= 4 is 5.91 Å². The first kappa shape index (κ1) is 17.4. The molecule has 4 heteroatoms. The van der Waals surface area contributed by atoms with E-state index in [1.165, 1.54) is 45.6 Å². The van der Waals surface area contributed by atoms with Crippen molar-refractivity contribution in [2.45, 2.75) is 40.0 Å². The third-order valence-electron chi connectivity index (χ3n) is 4.38. The Hall–Kier alpha value is -0.610. The lowest BCUT2D eigenvalue weighted by Crippen LogP contribution is -2.47. The summed E-state index contributed by atoms with van der Waals surface area (Å²) in [6.45, 7) is 14.0. The SMILES string of the molecule is CC.CCC(=O)N1CCC(CN2CCN(C)CC2)CC1. The van der Waals surface area contributed by atoms with Crippen LogP contribution in [0, 0.1) is 5.92 Å². The molecule has 0 unspecified atom stereocenters. The summed E-state index contributed by atoms with van der Waals surface area (Å²) in [4.78, 5) is 18.7. The van der Waals surface area contributed by atoms with Crippen LogP contribution in [-0.4, -0.2) is 73.5 Å². The molecule has 4 nitrogen and oxygen atoms in total. The number of carbonyl (C=O) groups excluding carboxylic acids is 1. The van der Waals surface area contributed by atoms with Crippen molar-refractivity contribution in [1.29, 1.82) is 0 Å². The minimum atomic E-state index is 0.327. The molecule has 2 aliphatic rings. The predicted molar refractivity (Wildman–Crippen MR) is 84.9 cm³/mol. The van der Waals surface area contributed by atoms with Gasteiger partial charge in [-0.25, -0.2) is 0 Å². The first-order valence-corrected chi connectivity index (χ1v) is 8.37. The Balaban J connectivity index is 0.000000956. The Kier molecular flexibility index (Phi) is 8.15. The largest absolute Gasteiger partial charge is 0.343 e. The van der Waals surface area contributed by atoms with Crippen molar-refractivity contribution in [3.8, 4) is 0 Å². The Morgan fingerprint density at radius 1 is 1.00 bits per heavy atom. The fourth-order valence-corrected chi connectivity index (χ4v) is 2.98. The predicted octanol–water partition coefficient (Wildman–Crippen LogP) is 1.91. The molecule has 0 aromatic heterocycles. The van der Waals surface area contributed by atoms with Crippen LogP contribution in [0.5, 0.6) is 0 Å². The molecule has 20 heavy (non-hydrogen) atoms. The Labute approximate surface area is 125 Å². The lowest BCUT2D eigenvalue weighted by atomic mass is 9.95. The van der Waals surface area contributed by atoms with Crippen molar-refractivity contribution in [2.24, 2.45) is 5.92 Å². The van der Waals surface area contributed by atoms with Gasteiger partial charge in [0.25, 0.3) is 0 Å². The maximum absolute atomic E-state index is 11.6. The van der Waals surface area contributed by atoms with Gasteiger partial charge in [0.2, 0.25) is 5.91 Å². The average Bonchev–Trinajstić information content (AvgIpc) is 2.51. The Morgan fingerprint density at radius 3 is 2.05 bits per heavy atom. The van der Waals surface area contributed by atoms with Crippen molar-refractivity contribution in [3.63, 3.8) is 0 Å². The van der Waals surface area contributed by atoms with E-state index in [2.05, 4.69) is 16.8 Å². The van der Waals surface area contributed by atoms with Crippen LogP contribution in [0.3, 0.4) is 0 Å². The number of piperidine rings is 1. The highest BCUT2D eigenvalue weighted by molar-refractivity contribution is 5.75. The molecule has 0 radical (unpaired) electrons. The van der Waals surface area contributed by atoms with Gasteiger partial charge in [0.1, 0.15) is 0 Å². The lowest BCUT2D eigenvalue weighted by molar-refractivity contribution is -0.132. The van der Waals surface area contributed by atoms with E-state index in [4.69, 9.17) is 0 Å². The van der Waals surface area contributed by atoms with Gasteiger partial charge < -0.3 is 14.7 Å². The first-order chi connectivity index (χ1) is 9.69. The molecule has 0 saturated carbocycles. The van der Waals surface area contributed by atoms with Crippen LogP contribution < -0.4 is 0 Å². The minimum Gasteiger partial charge on any atom is -0.343 e. The molecule has 2 saturated heterocycles. The summed E-state index contributed by atoms with van der Waals surface area (Å²) in [7, 11) is 2.20. The lowest BCUT2D eigenvalue weighted by Gasteiger charge is -2.37. The van der Waals surface area contributed by atoms with Gasteiger partial charge in [0.05, 0.1) is 0 Å². The van der Waals surface area contributed by atoms with Crippen LogP contribution in [0.25, 0.3) is 0 Å². The molecule has 2 heterocycles. The number of piperazine rings is 1. The van der Waals surface area contributed by atoms with Gasteiger partial charge in [0, 0.05) is 52.2 Å². The average molecular weight is 283 g/mol. The van der Waals surface area contributed by atoms with Crippen LogP contribution in [0.15, 0.2) is 0 Å². The molecule has 0 N–H and O–H groups in total. The second-order valence-corrected chi connectivity index (χ2v) is 5.78. The number of likely N-dealkylation sites (tertiary alicyclic amines) is 1.